The second-order valence-corrected chi connectivity index (χ2v) is 6.70. The van der Waals surface area contributed by atoms with E-state index in [-0.39, 0.29) is 18.0 Å². The summed E-state index contributed by atoms with van der Waals surface area (Å²) in [6.07, 6.45) is 4.76. The van der Waals surface area contributed by atoms with E-state index in [0.29, 0.717) is 17.3 Å². The molecule has 6 heteroatoms. The van der Waals surface area contributed by atoms with E-state index in [1.807, 2.05) is 23.1 Å². The molecule has 2 heterocycles. The van der Waals surface area contributed by atoms with Crippen molar-refractivity contribution in [2.24, 2.45) is 5.92 Å². The molecule has 0 bridgehead atoms. The number of hydrogen-bond acceptors (Lipinski definition) is 4. The van der Waals surface area contributed by atoms with Gasteiger partial charge in [-0.25, -0.2) is 4.68 Å². The van der Waals surface area contributed by atoms with Crippen LogP contribution < -0.4 is 5.56 Å². The molecule has 1 aliphatic carbocycles. The van der Waals surface area contributed by atoms with Crippen molar-refractivity contribution < 1.29 is 9.53 Å². The lowest BCUT2D eigenvalue weighted by atomic mass is 10.1. The Kier molecular flexibility index (Phi) is 4.06. The van der Waals surface area contributed by atoms with Gasteiger partial charge in [-0.15, -0.1) is 0 Å². The SMILES string of the molecule is O=C(Cn1ncc2ccccc2c1=O)N(C[C@@H]1CCOC1)C1CC1. The number of hydrogen-bond donors (Lipinski definition) is 0. The predicted molar refractivity (Wildman–Crippen MR) is 89.7 cm³/mol. The zero-order valence-electron chi connectivity index (χ0n) is 13.6. The number of carbonyl (C=O) groups is 1. The van der Waals surface area contributed by atoms with Gasteiger partial charge in [-0.05, 0) is 25.3 Å². The fourth-order valence-corrected chi connectivity index (χ4v) is 3.31. The maximum absolute atomic E-state index is 12.8. The highest BCUT2D eigenvalue weighted by molar-refractivity contribution is 5.81. The fourth-order valence-electron chi connectivity index (χ4n) is 3.31. The quantitative estimate of drug-likeness (QED) is 0.833. The topological polar surface area (TPSA) is 64.4 Å². The highest BCUT2D eigenvalue weighted by Gasteiger charge is 2.34. The summed E-state index contributed by atoms with van der Waals surface area (Å²) in [4.78, 5) is 27.2. The van der Waals surface area contributed by atoms with Crippen molar-refractivity contribution in [3.63, 3.8) is 0 Å². The first kappa shape index (κ1) is 15.3. The number of fused-ring (bicyclic) bond motifs is 1. The first-order chi connectivity index (χ1) is 11.7. The van der Waals surface area contributed by atoms with Crippen molar-refractivity contribution >= 4 is 16.7 Å². The molecule has 2 aliphatic rings. The van der Waals surface area contributed by atoms with E-state index in [2.05, 4.69) is 5.10 Å². The van der Waals surface area contributed by atoms with Crippen molar-refractivity contribution in [3.05, 3.63) is 40.8 Å². The Morgan fingerprint density at radius 1 is 1.29 bits per heavy atom. The highest BCUT2D eigenvalue weighted by atomic mass is 16.5. The largest absolute Gasteiger partial charge is 0.381 e. The number of ether oxygens (including phenoxy) is 1. The lowest BCUT2D eigenvalue weighted by Crippen LogP contribution is -2.41. The summed E-state index contributed by atoms with van der Waals surface area (Å²) in [6, 6.07) is 7.65. The monoisotopic (exact) mass is 327 g/mol. The van der Waals surface area contributed by atoms with E-state index in [9.17, 15) is 9.59 Å². The van der Waals surface area contributed by atoms with Crippen LogP contribution in [0.1, 0.15) is 19.3 Å². The van der Waals surface area contributed by atoms with Crippen LogP contribution in [0.2, 0.25) is 0 Å². The number of benzene rings is 1. The zero-order valence-corrected chi connectivity index (χ0v) is 13.6. The van der Waals surface area contributed by atoms with Crippen molar-refractivity contribution in [2.75, 3.05) is 19.8 Å². The number of carbonyl (C=O) groups excluding carboxylic acids is 1. The van der Waals surface area contributed by atoms with E-state index < -0.39 is 0 Å². The molecule has 0 N–H and O–H groups in total. The number of rotatable bonds is 5. The first-order valence-electron chi connectivity index (χ1n) is 8.54. The zero-order chi connectivity index (χ0) is 16.5. The number of aromatic nitrogens is 2. The summed E-state index contributed by atoms with van der Waals surface area (Å²) in [5.74, 6) is 0.394. The van der Waals surface area contributed by atoms with E-state index in [1.165, 1.54) is 4.68 Å². The van der Waals surface area contributed by atoms with E-state index in [4.69, 9.17) is 4.74 Å². The van der Waals surface area contributed by atoms with Crippen LogP contribution in [0.5, 0.6) is 0 Å². The van der Waals surface area contributed by atoms with E-state index >= 15 is 0 Å². The smallest absolute Gasteiger partial charge is 0.275 e. The Morgan fingerprint density at radius 3 is 2.88 bits per heavy atom. The Morgan fingerprint density at radius 2 is 2.12 bits per heavy atom. The molecule has 126 valence electrons. The standard InChI is InChI=1S/C18H21N3O3/c22-17(20(15-5-6-15)10-13-7-8-24-12-13)11-21-18(23)16-4-2-1-3-14(16)9-19-21/h1-4,9,13,15H,5-8,10-12H2/t13-/m0/s1. The molecule has 1 saturated carbocycles. The molecule has 4 rings (SSSR count). The Hall–Kier alpha value is -2.21. The maximum atomic E-state index is 12.8. The summed E-state index contributed by atoms with van der Waals surface area (Å²) in [7, 11) is 0. The molecule has 0 spiro atoms. The fraction of sp³-hybridized carbons (Fsp3) is 0.500. The second kappa shape index (κ2) is 6.36. The van der Waals surface area contributed by atoms with Gasteiger partial charge in [-0.1, -0.05) is 18.2 Å². The summed E-state index contributed by atoms with van der Waals surface area (Å²) in [5, 5.41) is 5.57. The molecule has 0 radical (unpaired) electrons. The van der Waals surface area contributed by atoms with Crippen molar-refractivity contribution in [2.45, 2.75) is 31.8 Å². The minimum atomic E-state index is -0.207. The van der Waals surface area contributed by atoms with Crippen molar-refractivity contribution in [1.29, 1.82) is 0 Å². The first-order valence-corrected chi connectivity index (χ1v) is 8.54. The Bertz CT molecular complexity index is 807. The number of nitrogens with zero attached hydrogens (tertiary/aromatic N) is 3. The molecule has 2 fully saturated rings. The van der Waals surface area contributed by atoms with Gasteiger partial charge in [0.2, 0.25) is 5.91 Å². The van der Waals surface area contributed by atoms with Gasteiger partial charge < -0.3 is 9.64 Å². The van der Waals surface area contributed by atoms with Crippen LogP contribution in [0.3, 0.4) is 0 Å². The molecule has 1 saturated heterocycles. The van der Waals surface area contributed by atoms with Gasteiger partial charge in [-0.3, -0.25) is 9.59 Å². The summed E-state index contributed by atoms with van der Waals surface area (Å²) >= 11 is 0. The summed E-state index contributed by atoms with van der Waals surface area (Å²) < 4.78 is 6.70. The molecule has 2 aromatic rings. The van der Waals surface area contributed by atoms with Crippen LogP contribution in [0.15, 0.2) is 35.3 Å². The predicted octanol–water partition coefficient (Wildman–Crippen LogP) is 1.42. The summed E-state index contributed by atoms with van der Waals surface area (Å²) in [5.41, 5.74) is -0.207. The second-order valence-electron chi connectivity index (χ2n) is 6.70. The molecule has 24 heavy (non-hydrogen) atoms. The van der Waals surface area contributed by atoms with Crippen LogP contribution in [0.4, 0.5) is 0 Å². The third-order valence-electron chi connectivity index (χ3n) is 4.83. The van der Waals surface area contributed by atoms with Gasteiger partial charge in [0.15, 0.2) is 0 Å². The van der Waals surface area contributed by atoms with Gasteiger partial charge in [0.1, 0.15) is 6.54 Å². The molecule has 1 atom stereocenters. The van der Waals surface area contributed by atoms with Gasteiger partial charge in [0.05, 0.1) is 18.2 Å². The Balaban J connectivity index is 1.53. The van der Waals surface area contributed by atoms with E-state index in [0.717, 1.165) is 44.4 Å². The van der Waals surface area contributed by atoms with Crippen LogP contribution in [-0.2, 0) is 16.1 Å². The highest BCUT2D eigenvalue weighted by Crippen LogP contribution is 2.29. The summed E-state index contributed by atoms with van der Waals surface area (Å²) in [6.45, 7) is 2.24. The lowest BCUT2D eigenvalue weighted by Gasteiger charge is -2.25. The number of amides is 1. The molecule has 6 nitrogen and oxygen atoms in total. The lowest BCUT2D eigenvalue weighted by molar-refractivity contribution is -0.133. The van der Waals surface area contributed by atoms with Crippen LogP contribution >= 0.6 is 0 Å². The van der Waals surface area contributed by atoms with Gasteiger partial charge in [0.25, 0.3) is 5.56 Å². The average Bonchev–Trinajstić information content (AvgIpc) is 3.31. The molecule has 1 aromatic heterocycles. The van der Waals surface area contributed by atoms with E-state index in [1.54, 1.807) is 12.3 Å². The molecule has 1 amide bonds. The van der Waals surface area contributed by atoms with Crippen LogP contribution in [-0.4, -0.2) is 46.4 Å². The Labute approximate surface area is 140 Å². The molecule has 1 aromatic carbocycles. The van der Waals surface area contributed by atoms with Crippen molar-refractivity contribution in [1.82, 2.24) is 14.7 Å². The third kappa shape index (κ3) is 3.06. The van der Waals surface area contributed by atoms with Crippen LogP contribution in [0, 0.1) is 5.92 Å². The van der Waals surface area contributed by atoms with Crippen molar-refractivity contribution in [3.8, 4) is 0 Å². The maximum Gasteiger partial charge on any atom is 0.275 e. The minimum absolute atomic E-state index is 0.00768. The minimum Gasteiger partial charge on any atom is -0.381 e. The molecule has 0 unspecified atom stereocenters. The average molecular weight is 327 g/mol. The normalized spacial score (nSPS) is 20.4. The van der Waals surface area contributed by atoms with Crippen LogP contribution in [0.25, 0.3) is 10.8 Å². The molecular weight excluding hydrogens is 306 g/mol. The third-order valence-corrected chi connectivity index (χ3v) is 4.83. The van der Waals surface area contributed by atoms with Gasteiger partial charge in [0, 0.05) is 30.5 Å². The van der Waals surface area contributed by atoms with Gasteiger partial charge >= 0.3 is 0 Å². The molecule has 1 aliphatic heterocycles. The van der Waals surface area contributed by atoms with Gasteiger partial charge in [-0.2, -0.15) is 5.10 Å². The molecular formula is C18H21N3O3.